The monoisotopic (exact) mass is 441 g/mol. The third-order valence-electron chi connectivity index (χ3n) is 5.73. The van der Waals surface area contributed by atoms with Crippen molar-refractivity contribution in [1.82, 2.24) is 9.55 Å². The third kappa shape index (κ3) is 5.66. The Morgan fingerprint density at radius 3 is 2.73 bits per heavy atom. The third-order valence-corrected chi connectivity index (χ3v) is 5.73. The molecule has 0 saturated heterocycles. The maximum Gasteiger partial charge on any atom is 0.227 e. The Bertz CT molecular complexity index is 1140. The summed E-state index contributed by atoms with van der Waals surface area (Å²) in [5.74, 6) is 0.713. The fraction of sp³-hybridized carbons (Fsp3) is 0.308. The van der Waals surface area contributed by atoms with Gasteiger partial charge in [0.2, 0.25) is 11.8 Å². The Labute approximate surface area is 193 Å². The topological polar surface area (TPSA) is 91.0 Å². The number of amides is 2. The highest BCUT2D eigenvalue weighted by atomic mass is 16.2. The van der Waals surface area contributed by atoms with Crippen molar-refractivity contribution >= 4 is 23.2 Å². The summed E-state index contributed by atoms with van der Waals surface area (Å²) in [5, 5.41) is 11.8. The lowest BCUT2D eigenvalue weighted by atomic mass is 10.1. The number of hydrogen-bond donors (Lipinski definition) is 1. The van der Waals surface area contributed by atoms with E-state index >= 15 is 0 Å². The van der Waals surface area contributed by atoms with E-state index in [0.717, 1.165) is 35.7 Å². The van der Waals surface area contributed by atoms with Crippen molar-refractivity contribution in [3.05, 3.63) is 66.6 Å². The first-order chi connectivity index (χ1) is 16.1. The molecule has 33 heavy (non-hydrogen) atoms. The predicted molar refractivity (Wildman–Crippen MR) is 127 cm³/mol. The molecule has 4 rings (SSSR count). The van der Waals surface area contributed by atoms with Gasteiger partial charge in [-0.2, -0.15) is 5.26 Å². The van der Waals surface area contributed by atoms with Gasteiger partial charge in [-0.15, -0.1) is 0 Å². The molecule has 0 aliphatic carbocycles. The summed E-state index contributed by atoms with van der Waals surface area (Å²) in [5.41, 5.74) is 3.28. The normalized spacial score (nSPS) is 12.5. The van der Waals surface area contributed by atoms with Crippen molar-refractivity contribution in [2.24, 2.45) is 0 Å². The highest BCUT2D eigenvalue weighted by Crippen LogP contribution is 2.25. The van der Waals surface area contributed by atoms with E-state index < -0.39 is 0 Å². The van der Waals surface area contributed by atoms with Gasteiger partial charge in [0.15, 0.2) is 0 Å². The number of hydrogen-bond acceptors (Lipinski definition) is 4. The molecule has 1 aliphatic rings. The molecule has 7 heteroatoms. The van der Waals surface area contributed by atoms with Crippen molar-refractivity contribution in [3.8, 4) is 17.3 Å². The quantitative estimate of drug-likeness (QED) is 0.555. The molecule has 0 atom stereocenters. The molecule has 1 aromatic heterocycles. The van der Waals surface area contributed by atoms with E-state index in [1.807, 2.05) is 54.6 Å². The average Bonchev–Trinajstić information content (AvgIpc) is 3.28. The number of nitrogens with zero attached hydrogens (tertiary/aromatic N) is 4. The van der Waals surface area contributed by atoms with E-state index in [2.05, 4.69) is 22.1 Å². The van der Waals surface area contributed by atoms with Crippen LogP contribution in [-0.4, -0.2) is 27.9 Å². The zero-order chi connectivity index (χ0) is 23.0. The molecule has 1 aliphatic heterocycles. The van der Waals surface area contributed by atoms with Crippen LogP contribution in [0.15, 0.2) is 60.8 Å². The standard InChI is InChI=1S/C26H27N5O2/c27-15-7-17-31(22-10-2-1-3-11-22)26(33)14-13-25(32)28-21-9-6-8-20(18-21)23-19-30-16-5-4-12-24(30)29-23/h1-3,6,8-11,18-19H,4-5,7,12-14,16-17H2,(H,28,32). The van der Waals surface area contributed by atoms with Crippen LogP contribution < -0.4 is 10.2 Å². The Morgan fingerprint density at radius 2 is 1.94 bits per heavy atom. The second-order valence-electron chi connectivity index (χ2n) is 8.11. The molecule has 2 heterocycles. The summed E-state index contributed by atoms with van der Waals surface area (Å²) >= 11 is 0. The summed E-state index contributed by atoms with van der Waals surface area (Å²) in [7, 11) is 0. The SMILES string of the molecule is N#CCCN(C(=O)CCC(=O)Nc1cccc(-c2cn3c(n2)CCCC3)c1)c1ccccc1. The van der Waals surface area contributed by atoms with Crippen molar-refractivity contribution in [1.29, 1.82) is 5.26 Å². The number of para-hydroxylation sites is 1. The molecule has 0 bridgehead atoms. The van der Waals surface area contributed by atoms with Crippen LogP contribution >= 0.6 is 0 Å². The smallest absolute Gasteiger partial charge is 0.227 e. The minimum absolute atomic E-state index is 0.0672. The number of aromatic nitrogens is 2. The van der Waals surface area contributed by atoms with Gasteiger partial charge in [0, 0.05) is 55.5 Å². The molecule has 2 amide bonds. The number of benzene rings is 2. The number of carbonyl (C=O) groups excluding carboxylic acids is 2. The molecule has 0 radical (unpaired) electrons. The maximum absolute atomic E-state index is 12.8. The van der Waals surface area contributed by atoms with Crippen LogP contribution in [0.2, 0.25) is 0 Å². The second-order valence-corrected chi connectivity index (χ2v) is 8.11. The molecule has 168 valence electrons. The first-order valence-corrected chi connectivity index (χ1v) is 11.3. The first-order valence-electron chi connectivity index (χ1n) is 11.3. The van der Waals surface area contributed by atoms with Crippen LogP contribution in [0.5, 0.6) is 0 Å². The summed E-state index contributed by atoms with van der Waals surface area (Å²) in [6, 6.07) is 18.9. The highest BCUT2D eigenvalue weighted by Gasteiger charge is 2.17. The van der Waals surface area contributed by atoms with Crippen LogP contribution in [0.1, 0.15) is 37.9 Å². The van der Waals surface area contributed by atoms with Gasteiger partial charge in [0.25, 0.3) is 0 Å². The summed E-state index contributed by atoms with van der Waals surface area (Å²) < 4.78 is 2.21. The molecule has 0 fully saturated rings. The van der Waals surface area contributed by atoms with Gasteiger partial charge in [-0.25, -0.2) is 4.98 Å². The van der Waals surface area contributed by atoms with E-state index in [-0.39, 0.29) is 31.1 Å². The number of anilines is 2. The van der Waals surface area contributed by atoms with Crippen molar-refractivity contribution in [2.45, 2.75) is 45.1 Å². The van der Waals surface area contributed by atoms with E-state index in [0.29, 0.717) is 12.2 Å². The van der Waals surface area contributed by atoms with Crippen LogP contribution in [-0.2, 0) is 22.6 Å². The van der Waals surface area contributed by atoms with Crippen LogP contribution in [0.4, 0.5) is 11.4 Å². The van der Waals surface area contributed by atoms with Crippen molar-refractivity contribution in [2.75, 3.05) is 16.8 Å². The Balaban J connectivity index is 1.36. The zero-order valence-corrected chi connectivity index (χ0v) is 18.5. The summed E-state index contributed by atoms with van der Waals surface area (Å²) in [6.07, 6.45) is 5.79. The molecule has 0 saturated carbocycles. The van der Waals surface area contributed by atoms with E-state index in [1.165, 1.54) is 12.8 Å². The molecule has 2 aromatic carbocycles. The molecule has 7 nitrogen and oxygen atoms in total. The fourth-order valence-corrected chi connectivity index (χ4v) is 4.05. The van der Waals surface area contributed by atoms with Crippen LogP contribution in [0.25, 0.3) is 11.3 Å². The number of fused-ring (bicyclic) bond motifs is 1. The number of rotatable bonds is 8. The van der Waals surface area contributed by atoms with Gasteiger partial charge in [0.05, 0.1) is 18.2 Å². The van der Waals surface area contributed by atoms with Gasteiger partial charge in [-0.1, -0.05) is 30.3 Å². The lowest BCUT2D eigenvalue weighted by Gasteiger charge is -2.21. The molecule has 0 unspecified atom stereocenters. The van der Waals surface area contributed by atoms with Gasteiger partial charge < -0.3 is 14.8 Å². The minimum atomic E-state index is -0.224. The molecular weight excluding hydrogens is 414 g/mol. The summed E-state index contributed by atoms with van der Waals surface area (Å²) in [4.78, 5) is 31.6. The largest absolute Gasteiger partial charge is 0.334 e. The number of carbonyl (C=O) groups is 2. The zero-order valence-electron chi connectivity index (χ0n) is 18.5. The minimum Gasteiger partial charge on any atom is -0.334 e. The van der Waals surface area contributed by atoms with Gasteiger partial charge in [-0.3, -0.25) is 9.59 Å². The van der Waals surface area contributed by atoms with Gasteiger partial charge in [-0.05, 0) is 37.1 Å². The highest BCUT2D eigenvalue weighted by molar-refractivity contribution is 5.98. The van der Waals surface area contributed by atoms with Crippen LogP contribution in [0.3, 0.4) is 0 Å². The number of imidazole rings is 1. The van der Waals surface area contributed by atoms with E-state index in [1.54, 1.807) is 4.90 Å². The number of nitriles is 1. The van der Waals surface area contributed by atoms with E-state index in [4.69, 9.17) is 10.2 Å². The second kappa shape index (κ2) is 10.6. The summed E-state index contributed by atoms with van der Waals surface area (Å²) in [6.45, 7) is 1.30. The Morgan fingerprint density at radius 1 is 1.09 bits per heavy atom. The predicted octanol–water partition coefficient (Wildman–Crippen LogP) is 4.55. The first kappa shape index (κ1) is 22.3. The lowest BCUT2D eigenvalue weighted by Crippen LogP contribution is -2.32. The Kier molecular flexibility index (Phi) is 7.16. The molecule has 3 aromatic rings. The van der Waals surface area contributed by atoms with Crippen LogP contribution in [0, 0.1) is 11.3 Å². The molecule has 1 N–H and O–H groups in total. The fourth-order valence-electron chi connectivity index (χ4n) is 4.05. The van der Waals surface area contributed by atoms with Crippen molar-refractivity contribution in [3.63, 3.8) is 0 Å². The average molecular weight is 442 g/mol. The number of aryl methyl sites for hydroxylation is 2. The van der Waals surface area contributed by atoms with E-state index in [9.17, 15) is 9.59 Å². The molecule has 0 spiro atoms. The Hall–Kier alpha value is -3.92. The lowest BCUT2D eigenvalue weighted by molar-refractivity contribution is -0.122. The number of nitrogens with one attached hydrogen (secondary N) is 1. The molecular formula is C26H27N5O2. The van der Waals surface area contributed by atoms with Gasteiger partial charge >= 0.3 is 0 Å². The van der Waals surface area contributed by atoms with Gasteiger partial charge in [0.1, 0.15) is 5.82 Å². The maximum atomic E-state index is 12.8. The van der Waals surface area contributed by atoms with Crippen molar-refractivity contribution < 1.29 is 9.59 Å².